The number of aromatic hydroxyl groups is 1. The van der Waals surface area contributed by atoms with Crippen LogP contribution in [0.1, 0.15) is 5.69 Å². The normalized spacial score (nSPS) is 12.6. The summed E-state index contributed by atoms with van der Waals surface area (Å²) >= 11 is 0. The molecule has 3 aromatic rings. The Morgan fingerprint density at radius 1 is 0.923 bits per heavy atom. The molecule has 0 fully saturated rings. The molecular weight excluding hydrogens is 388 g/mol. The molecule has 0 aliphatic carbocycles. The first-order chi connectivity index (χ1) is 11.9. The number of aryl methyl sites for hydroxylation is 1. The van der Waals surface area contributed by atoms with Crippen LogP contribution >= 0.6 is 0 Å². The fraction of sp³-hybridized carbons (Fsp3) is 0.0714. The minimum atomic E-state index is -4.71. The van der Waals surface area contributed by atoms with E-state index in [1.165, 1.54) is 6.07 Å². The number of phenols is 1. The Balaban J connectivity index is 2.54. The molecule has 0 saturated heterocycles. The molecule has 0 saturated carbocycles. The third-order valence-electron chi connectivity index (χ3n) is 3.64. The van der Waals surface area contributed by atoms with Crippen LogP contribution in [0.3, 0.4) is 0 Å². The highest BCUT2D eigenvalue weighted by molar-refractivity contribution is 7.86. The predicted octanol–water partition coefficient (Wildman–Crippen LogP) is 0.826. The average molecular weight is 400 g/mol. The smallest absolute Gasteiger partial charge is 0.294 e. The van der Waals surface area contributed by atoms with Gasteiger partial charge in [0.25, 0.3) is 25.8 Å². The fourth-order valence-corrected chi connectivity index (χ4v) is 3.66. The van der Waals surface area contributed by atoms with E-state index in [9.17, 15) is 31.3 Å². The Hall–Kier alpha value is -2.67. The van der Waals surface area contributed by atoms with Crippen molar-refractivity contribution in [3.63, 3.8) is 0 Å². The SMILES string of the molecule is Cc1cc(=O)n(-c2cc(S(=O)(=O)O)cc3cc(S(=O)(=O)O)cc(O)c23)[nH]1. The van der Waals surface area contributed by atoms with Crippen LogP contribution in [0.15, 0.2) is 44.9 Å². The summed E-state index contributed by atoms with van der Waals surface area (Å²) in [5.41, 5.74) is -0.267. The molecule has 3 rings (SSSR count). The van der Waals surface area contributed by atoms with E-state index in [0.717, 1.165) is 28.9 Å². The second kappa shape index (κ2) is 5.67. The van der Waals surface area contributed by atoms with Crippen LogP contribution in [0.2, 0.25) is 0 Å². The van der Waals surface area contributed by atoms with Gasteiger partial charge in [-0.3, -0.25) is 19.0 Å². The number of benzene rings is 2. The van der Waals surface area contributed by atoms with Crippen LogP contribution in [0.25, 0.3) is 16.5 Å². The van der Waals surface area contributed by atoms with E-state index in [2.05, 4.69) is 5.10 Å². The van der Waals surface area contributed by atoms with Crippen molar-refractivity contribution in [3.8, 4) is 11.4 Å². The highest BCUT2D eigenvalue weighted by Crippen LogP contribution is 2.35. The summed E-state index contributed by atoms with van der Waals surface area (Å²) in [6.45, 7) is 1.57. The van der Waals surface area contributed by atoms with Crippen LogP contribution in [0.4, 0.5) is 0 Å². The minimum absolute atomic E-state index is 0.0613. The molecule has 1 heterocycles. The lowest BCUT2D eigenvalue weighted by atomic mass is 10.1. The lowest BCUT2D eigenvalue weighted by molar-refractivity contribution is 0.470. The zero-order chi connectivity index (χ0) is 19.4. The first-order valence-electron chi connectivity index (χ1n) is 6.93. The molecule has 0 aliphatic rings. The molecule has 12 heteroatoms. The Morgan fingerprint density at radius 3 is 1.92 bits per heavy atom. The van der Waals surface area contributed by atoms with Crippen molar-refractivity contribution in [2.75, 3.05) is 0 Å². The number of nitrogens with one attached hydrogen (secondary N) is 1. The van der Waals surface area contributed by atoms with Crippen molar-refractivity contribution < 1.29 is 31.0 Å². The number of hydrogen-bond acceptors (Lipinski definition) is 6. The van der Waals surface area contributed by atoms with Gasteiger partial charge in [0.05, 0.1) is 15.5 Å². The quantitative estimate of drug-likeness (QED) is 0.469. The van der Waals surface area contributed by atoms with Crippen molar-refractivity contribution >= 4 is 31.0 Å². The molecule has 0 atom stereocenters. The third kappa shape index (κ3) is 3.10. The fourth-order valence-electron chi connectivity index (χ4n) is 2.58. The van der Waals surface area contributed by atoms with E-state index in [1.54, 1.807) is 6.92 Å². The highest BCUT2D eigenvalue weighted by atomic mass is 32.2. The molecule has 4 N–H and O–H groups in total. The van der Waals surface area contributed by atoms with Crippen LogP contribution < -0.4 is 5.56 Å². The van der Waals surface area contributed by atoms with Gasteiger partial charge in [-0.2, -0.15) is 16.8 Å². The summed E-state index contributed by atoms with van der Waals surface area (Å²) in [5.74, 6) is -0.619. The van der Waals surface area contributed by atoms with Gasteiger partial charge in [0.2, 0.25) is 0 Å². The lowest BCUT2D eigenvalue weighted by Gasteiger charge is -2.12. The topological polar surface area (TPSA) is 167 Å². The molecule has 0 unspecified atom stereocenters. The maximum Gasteiger partial charge on any atom is 0.294 e. The number of aromatic nitrogens is 2. The summed E-state index contributed by atoms with van der Waals surface area (Å²) in [6, 6.07) is 4.74. The van der Waals surface area contributed by atoms with Gasteiger partial charge in [-0.25, -0.2) is 4.68 Å². The third-order valence-corrected chi connectivity index (χ3v) is 5.30. The Morgan fingerprint density at radius 2 is 1.46 bits per heavy atom. The number of H-pyrrole nitrogens is 1. The number of rotatable bonds is 3. The van der Waals surface area contributed by atoms with E-state index in [-0.39, 0.29) is 16.5 Å². The van der Waals surface area contributed by atoms with E-state index in [0.29, 0.717) is 5.69 Å². The molecule has 0 spiro atoms. The lowest BCUT2D eigenvalue weighted by Crippen LogP contribution is -2.15. The molecule has 26 heavy (non-hydrogen) atoms. The molecule has 2 aromatic carbocycles. The van der Waals surface area contributed by atoms with Gasteiger partial charge in [-0.15, -0.1) is 0 Å². The van der Waals surface area contributed by atoms with Gasteiger partial charge in [-0.1, -0.05) is 0 Å². The van der Waals surface area contributed by atoms with Crippen molar-refractivity contribution in [2.45, 2.75) is 16.7 Å². The molecular formula is C14H12N2O8S2. The molecule has 138 valence electrons. The first kappa shape index (κ1) is 18.1. The Labute approximate surface area is 146 Å². The zero-order valence-electron chi connectivity index (χ0n) is 13.0. The first-order valence-corrected chi connectivity index (χ1v) is 9.81. The van der Waals surface area contributed by atoms with Crippen molar-refractivity contribution in [1.82, 2.24) is 9.78 Å². The van der Waals surface area contributed by atoms with E-state index >= 15 is 0 Å². The second-order valence-electron chi connectivity index (χ2n) is 5.55. The van der Waals surface area contributed by atoms with Gasteiger partial charge in [-0.05, 0) is 30.5 Å². The van der Waals surface area contributed by atoms with Gasteiger partial charge >= 0.3 is 0 Å². The van der Waals surface area contributed by atoms with Crippen molar-refractivity contribution in [3.05, 3.63) is 46.4 Å². The minimum Gasteiger partial charge on any atom is -0.507 e. The molecule has 0 radical (unpaired) electrons. The van der Waals surface area contributed by atoms with Crippen LogP contribution in [0.5, 0.6) is 5.75 Å². The van der Waals surface area contributed by atoms with E-state index < -0.39 is 41.3 Å². The van der Waals surface area contributed by atoms with Gasteiger partial charge < -0.3 is 5.11 Å². The summed E-state index contributed by atoms with van der Waals surface area (Å²) in [4.78, 5) is 10.8. The number of fused-ring (bicyclic) bond motifs is 1. The largest absolute Gasteiger partial charge is 0.507 e. The van der Waals surface area contributed by atoms with Crippen LogP contribution in [-0.2, 0) is 20.2 Å². The van der Waals surface area contributed by atoms with Crippen molar-refractivity contribution in [2.24, 2.45) is 0 Å². The highest BCUT2D eigenvalue weighted by Gasteiger charge is 2.21. The van der Waals surface area contributed by atoms with E-state index in [1.807, 2.05) is 0 Å². The Kier molecular flexibility index (Phi) is 3.95. The summed E-state index contributed by atoms with van der Waals surface area (Å²) in [5, 5.41) is 12.7. The second-order valence-corrected chi connectivity index (χ2v) is 8.39. The average Bonchev–Trinajstić information content (AvgIpc) is 2.82. The molecule has 10 nitrogen and oxygen atoms in total. The number of phenolic OH excluding ortho intramolecular Hbond substituents is 1. The van der Waals surface area contributed by atoms with Crippen molar-refractivity contribution in [1.29, 1.82) is 0 Å². The molecule has 0 aliphatic heterocycles. The maximum atomic E-state index is 12.1. The van der Waals surface area contributed by atoms with Gasteiger partial charge in [0.15, 0.2) is 0 Å². The standard InChI is InChI=1S/C14H12N2O8S2/c1-7-2-13(18)16(15-7)11-5-9(25(19,20)21)3-8-4-10(26(22,23)24)6-12(17)14(8)11/h2-6,15,17H,1H3,(H,19,20,21)(H,22,23,24). The predicted molar refractivity (Wildman–Crippen MR) is 89.9 cm³/mol. The maximum absolute atomic E-state index is 12.1. The molecule has 0 amide bonds. The van der Waals surface area contributed by atoms with Crippen LogP contribution in [0, 0.1) is 6.92 Å². The van der Waals surface area contributed by atoms with Gasteiger partial charge in [0.1, 0.15) is 5.75 Å². The summed E-state index contributed by atoms with van der Waals surface area (Å²) < 4.78 is 65.2. The number of hydrogen-bond donors (Lipinski definition) is 4. The number of aromatic amines is 1. The number of nitrogens with zero attached hydrogens (tertiary/aromatic N) is 1. The molecule has 0 bridgehead atoms. The van der Waals surface area contributed by atoms with Gasteiger partial charge in [0, 0.05) is 23.2 Å². The Bertz CT molecular complexity index is 1310. The molecule has 1 aromatic heterocycles. The summed E-state index contributed by atoms with van der Waals surface area (Å²) in [7, 11) is -9.41. The van der Waals surface area contributed by atoms with Crippen LogP contribution in [-0.4, -0.2) is 40.8 Å². The zero-order valence-corrected chi connectivity index (χ0v) is 14.7. The van der Waals surface area contributed by atoms with E-state index in [4.69, 9.17) is 4.55 Å². The monoisotopic (exact) mass is 400 g/mol. The summed E-state index contributed by atoms with van der Waals surface area (Å²) in [6.07, 6.45) is 0.